The minimum atomic E-state index is -3.63. The van der Waals surface area contributed by atoms with E-state index in [-0.39, 0.29) is 18.0 Å². The van der Waals surface area contributed by atoms with Gasteiger partial charge in [0.1, 0.15) is 5.75 Å². The Bertz CT molecular complexity index is 729. The lowest BCUT2D eigenvalue weighted by atomic mass is 10.2. The third-order valence-electron chi connectivity index (χ3n) is 2.91. The van der Waals surface area contributed by atoms with E-state index in [4.69, 9.17) is 22.1 Å². The second kappa shape index (κ2) is 6.76. The van der Waals surface area contributed by atoms with Gasteiger partial charge in [-0.15, -0.1) is 11.3 Å². The van der Waals surface area contributed by atoms with E-state index < -0.39 is 10.0 Å². The summed E-state index contributed by atoms with van der Waals surface area (Å²) in [7, 11) is -2.12. The molecule has 0 aliphatic carbocycles. The fraction of sp³-hybridized carbons (Fsp3) is 0.231. The van der Waals surface area contributed by atoms with Gasteiger partial charge in [0.25, 0.3) is 0 Å². The Labute approximate surface area is 132 Å². The van der Waals surface area contributed by atoms with Crippen molar-refractivity contribution < 1.29 is 13.2 Å². The van der Waals surface area contributed by atoms with Gasteiger partial charge in [0.15, 0.2) is 0 Å². The molecule has 0 saturated heterocycles. The van der Waals surface area contributed by atoms with E-state index in [0.717, 1.165) is 0 Å². The van der Waals surface area contributed by atoms with Crippen molar-refractivity contribution in [3.05, 3.63) is 45.1 Å². The largest absolute Gasteiger partial charge is 0.496 e. The first kappa shape index (κ1) is 16.3. The number of ether oxygens (including phenoxy) is 1. The molecule has 0 bridgehead atoms. The number of halogens is 1. The number of hydrogen-bond acceptors (Lipinski definition) is 5. The number of nitrogens with one attached hydrogen (secondary N) is 1. The Morgan fingerprint density at radius 1 is 1.38 bits per heavy atom. The van der Waals surface area contributed by atoms with Crippen molar-refractivity contribution in [2.75, 3.05) is 7.11 Å². The Hall–Kier alpha value is -1.12. The maximum absolute atomic E-state index is 12.3. The molecule has 1 aromatic heterocycles. The average Bonchev–Trinajstić information content (AvgIpc) is 2.95. The van der Waals surface area contributed by atoms with Gasteiger partial charge < -0.3 is 10.5 Å². The Morgan fingerprint density at radius 3 is 2.81 bits per heavy atom. The van der Waals surface area contributed by atoms with Crippen LogP contribution in [0.1, 0.15) is 10.4 Å². The zero-order chi connectivity index (χ0) is 15.5. The number of rotatable bonds is 6. The van der Waals surface area contributed by atoms with Crippen molar-refractivity contribution in [3.63, 3.8) is 0 Å². The molecular weight excluding hydrogens is 332 g/mol. The van der Waals surface area contributed by atoms with Crippen LogP contribution in [0.3, 0.4) is 0 Å². The van der Waals surface area contributed by atoms with Crippen molar-refractivity contribution in [1.29, 1.82) is 0 Å². The van der Waals surface area contributed by atoms with Crippen molar-refractivity contribution in [2.24, 2.45) is 5.73 Å². The summed E-state index contributed by atoms with van der Waals surface area (Å²) < 4.78 is 32.3. The number of methoxy groups -OCH3 is 1. The summed E-state index contributed by atoms with van der Waals surface area (Å²) in [5.41, 5.74) is 6.14. The molecule has 0 radical (unpaired) electrons. The predicted octanol–water partition coefficient (Wildman–Crippen LogP) is 2.35. The molecule has 2 aromatic rings. The van der Waals surface area contributed by atoms with E-state index in [9.17, 15) is 8.42 Å². The molecule has 8 heteroatoms. The fourth-order valence-corrected chi connectivity index (χ4v) is 4.42. The molecule has 0 fully saturated rings. The molecule has 0 aliphatic heterocycles. The molecule has 3 N–H and O–H groups in total. The minimum absolute atomic E-state index is 0.0467. The zero-order valence-corrected chi connectivity index (χ0v) is 13.7. The van der Waals surface area contributed by atoms with E-state index in [0.29, 0.717) is 21.2 Å². The SMILES string of the molecule is COc1cccc(Cl)c1CNS(=O)(=O)c1ccsc1CN. The van der Waals surface area contributed by atoms with E-state index in [1.807, 2.05) is 0 Å². The molecule has 0 unspecified atom stereocenters. The van der Waals surface area contributed by atoms with E-state index in [1.165, 1.54) is 18.4 Å². The Balaban J connectivity index is 2.24. The van der Waals surface area contributed by atoms with Gasteiger partial charge in [-0.05, 0) is 23.6 Å². The summed E-state index contributed by atoms with van der Waals surface area (Å²) in [6.07, 6.45) is 0. The van der Waals surface area contributed by atoms with Crippen LogP contribution in [0.15, 0.2) is 34.5 Å². The molecule has 21 heavy (non-hydrogen) atoms. The lowest BCUT2D eigenvalue weighted by Gasteiger charge is -2.12. The highest BCUT2D eigenvalue weighted by Gasteiger charge is 2.20. The molecule has 2 rings (SSSR count). The van der Waals surface area contributed by atoms with E-state index in [2.05, 4.69) is 4.72 Å². The number of sulfonamides is 1. The van der Waals surface area contributed by atoms with Gasteiger partial charge in [-0.3, -0.25) is 0 Å². The van der Waals surface area contributed by atoms with Crippen LogP contribution < -0.4 is 15.2 Å². The zero-order valence-electron chi connectivity index (χ0n) is 11.3. The molecule has 1 aromatic carbocycles. The molecule has 0 saturated carbocycles. The summed E-state index contributed by atoms with van der Waals surface area (Å²) in [4.78, 5) is 0.828. The van der Waals surface area contributed by atoms with Gasteiger partial charge in [-0.25, -0.2) is 13.1 Å². The van der Waals surface area contributed by atoms with Crippen molar-refractivity contribution in [1.82, 2.24) is 4.72 Å². The first-order valence-electron chi connectivity index (χ1n) is 6.07. The average molecular weight is 347 g/mol. The topological polar surface area (TPSA) is 81.4 Å². The highest BCUT2D eigenvalue weighted by Crippen LogP contribution is 2.27. The van der Waals surface area contributed by atoms with Crippen LogP contribution >= 0.6 is 22.9 Å². The molecule has 0 atom stereocenters. The van der Waals surface area contributed by atoms with Crippen LogP contribution in [0.2, 0.25) is 5.02 Å². The number of benzene rings is 1. The maximum Gasteiger partial charge on any atom is 0.242 e. The van der Waals surface area contributed by atoms with Crippen LogP contribution in [-0.4, -0.2) is 15.5 Å². The number of thiophene rings is 1. The molecule has 1 heterocycles. The molecule has 0 amide bonds. The van der Waals surface area contributed by atoms with Crippen LogP contribution in [0.5, 0.6) is 5.75 Å². The quantitative estimate of drug-likeness (QED) is 0.841. The lowest BCUT2D eigenvalue weighted by Crippen LogP contribution is -2.24. The first-order valence-corrected chi connectivity index (χ1v) is 8.81. The summed E-state index contributed by atoms with van der Waals surface area (Å²) in [5, 5.41) is 2.15. The smallest absolute Gasteiger partial charge is 0.242 e. The Kier molecular flexibility index (Phi) is 5.23. The molecule has 0 aliphatic rings. The van der Waals surface area contributed by atoms with Crippen molar-refractivity contribution in [3.8, 4) is 5.75 Å². The van der Waals surface area contributed by atoms with Crippen molar-refractivity contribution in [2.45, 2.75) is 18.0 Å². The van der Waals surface area contributed by atoms with Gasteiger partial charge in [-0.1, -0.05) is 17.7 Å². The van der Waals surface area contributed by atoms with Gasteiger partial charge in [0, 0.05) is 28.6 Å². The summed E-state index contributed by atoms with van der Waals surface area (Å²) in [5.74, 6) is 0.537. The maximum atomic E-state index is 12.3. The molecule has 5 nitrogen and oxygen atoms in total. The van der Waals surface area contributed by atoms with Crippen LogP contribution in [0.25, 0.3) is 0 Å². The molecule has 0 spiro atoms. The lowest BCUT2D eigenvalue weighted by molar-refractivity contribution is 0.409. The Morgan fingerprint density at radius 2 is 2.14 bits per heavy atom. The van der Waals surface area contributed by atoms with Crippen LogP contribution in [0.4, 0.5) is 0 Å². The van der Waals surface area contributed by atoms with Crippen LogP contribution in [0, 0.1) is 0 Å². The second-order valence-corrected chi connectivity index (χ2v) is 7.30. The molecular formula is C13H15ClN2O3S2. The van der Waals surface area contributed by atoms with Crippen molar-refractivity contribution >= 4 is 33.0 Å². The van der Waals surface area contributed by atoms with E-state index >= 15 is 0 Å². The summed E-state index contributed by atoms with van der Waals surface area (Å²) >= 11 is 7.40. The summed E-state index contributed by atoms with van der Waals surface area (Å²) in [6, 6.07) is 6.69. The normalized spacial score (nSPS) is 11.6. The standard InChI is InChI=1S/C13H15ClN2O3S2/c1-19-11-4-2-3-10(14)9(11)8-16-21(17,18)13-5-6-20-12(13)7-15/h2-6,16H,7-8,15H2,1H3. The first-order chi connectivity index (χ1) is 9.99. The second-order valence-electron chi connectivity index (χ2n) is 4.16. The van der Waals surface area contributed by atoms with Gasteiger partial charge in [0.2, 0.25) is 10.0 Å². The fourth-order valence-electron chi connectivity index (χ4n) is 1.86. The highest BCUT2D eigenvalue weighted by molar-refractivity contribution is 7.89. The third kappa shape index (κ3) is 3.56. The van der Waals surface area contributed by atoms with Crippen LogP contribution in [-0.2, 0) is 23.1 Å². The van der Waals surface area contributed by atoms with Gasteiger partial charge >= 0.3 is 0 Å². The summed E-state index contributed by atoms with van der Waals surface area (Å²) in [6.45, 7) is 0.231. The van der Waals surface area contributed by atoms with Gasteiger partial charge in [-0.2, -0.15) is 0 Å². The molecule has 114 valence electrons. The predicted molar refractivity (Wildman–Crippen MR) is 84.2 cm³/mol. The van der Waals surface area contributed by atoms with Gasteiger partial charge in [0.05, 0.1) is 12.0 Å². The minimum Gasteiger partial charge on any atom is -0.496 e. The number of nitrogens with two attached hydrogens (primary N) is 1. The van der Waals surface area contributed by atoms with E-state index in [1.54, 1.807) is 29.6 Å². The highest BCUT2D eigenvalue weighted by atomic mass is 35.5. The third-order valence-corrected chi connectivity index (χ3v) is 5.83. The monoisotopic (exact) mass is 346 g/mol. The number of hydrogen-bond donors (Lipinski definition) is 2.